The summed E-state index contributed by atoms with van der Waals surface area (Å²) < 4.78 is 45.6. The van der Waals surface area contributed by atoms with Gasteiger partial charge in [-0.2, -0.15) is 0 Å². The van der Waals surface area contributed by atoms with E-state index in [4.69, 9.17) is 10.5 Å². The molecule has 1 aromatic heterocycles. The van der Waals surface area contributed by atoms with E-state index in [1.165, 1.54) is 18.5 Å². The van der Waals surface area contributed by atoms with Crippen LogP contribution in [0, 0.1) is 0 Å². The van der Waals surface area contributed by atoms with Crippen molar-refractivity contribution in [1.29, 1.82) is 0 Å². The SMILES string of the molecule is CCOC(=O)c1ccc(Nc2ncnc(Nc3ccc(OC(F)(F)F)cc3)c2N)cc1. The Balaban J connectivity index is 1.71. The summed E-state index contributed by atoms with van der Waals surface area (Å²) in [5.74, 6) is -0.209. The van der Waals surface area contributed by atoms with Crippen LogP contribution in [0.3, 0.4) is 0 Å². The van der Waals surface area contributed by atoms with E-state index in [0.29, 0.717) is 22.8 Å². The Morgan fingerprint density at radius 3 is 1.97 bits per heavy atom. The predicted octanol–water partition coefficient (Wildman–Crippen LogP) is 4.62. The van der Waals surface area contributed by atoms with Gasteiger partial charge < -0.3 is 25.8 Å². The van der Waals surface area contributed by atoms with Gasteiger partial charge in [0.1, 0.15) is 17.8 Å². The molecule has 0 aliphatic carbocycles. The van der Waals surface area contributed by atoms with Crippen LogP contribution in [0.2, 0.25) is 0 Å². The van der Waals surface area contributed by atoms with Crippen LogP contribution in [0.4, 0.5) is 41.9 Å². The van der Waals surface area contributed by atoms with Gasteiger partial charge in [-0.3, -0.25) is 0 Å². The molecule has 0 radical (unpaired) electrons. The van der Waals surface area contributed by atoms with Gasteiger partial charge in [-0.15, -0.1) is 13.2 Å². The average Bonchev–Trinajstić information content (AvgIpc) is 2.72. The molecule has 2 aromatic carbocycles. The summed E-state index contributed by atoms with van der Waals surface area (Å²) in [5.41, 5.74) is 7.78. The number of ether oxygens (including phenoxy) is 2. The first-order chi connectivity index (χ1) is 14.7. The van der Waals surface area contributed by atoms with Gasteiger partial charge in [-0.05, 0) is 55.5 Å². The molecule has 1 heterocycles. The molecule has 0 fully saturated rings. The Hall–Kier alpha value is -4.02. The zero-order valence-corrected chi connectivity index (χ0v) is 16.2. The summed E-state index contributed by atoms with van der Waals surface area (Å²) in [6.45, 7) is 2.01. The van der Waals surface area contributed by atoms with Gasteiger partial charge in [-0.25, -0.2) is 14.8 Å². The van der Waals surface area contributed by atoms with Gasteiger partial charge in [0.2, 0.25) is 0 Å². The van der Waals surface area contributed by atoms with Gasteiger partial charge >= 0.3 is 12.3 Å². The third kappa shape index (κ3) is 5.98. The second-order valence-electron chi connectivity index (χ2n) is 6.10. The van der Waals surface area contributed by atoms with Crippen LogP contribution in [-0.2, 0) is 4.74 Å². The molecule has 0 atom stereocenters. The first-order valence-corrected chi connectivity index (χ1v) is 9.02. The first-order valence-electron chi connectivity index (χ1n) is 9.02. The Kier molecular flexibility index (Phi) is 6.43. The highest BCUT2D eigenvalue weighted by Crippen LogP contribution is 2.29. The molecule has 0 aliphatic rings. The van der Waals surface area contributed by atoms with Crippen LogP contribution in [0.1, 0.15) is 17.3 Å². The number of rotatable bonds is 7. The van der Waals surface area contributed by atoms with Crippen LogP contribution in [0.15, 0.2) is 54.9 Å². The smallest absolute Gasteiger partial charge is 0.462 e. The van der Waals surface area contributed by atoms with Crippen molar-refractivity contribution in [2.24, 2.45) is 0 Å². The number of carbonyl (C=O) groups is 1. The Bertz CT molecular complexity index is 1040. The monoisotopic (exact) mass is 433 g/mol. The van der Waals surface area contributed by atoms with Gasteiger partial charge in [0.05, 0.1) is 12.2 Å². The van der Waals surface area contributed by atoms with E-state index in [-0.39, 0.29) is 23.9 Å². The molecular weight excluding hydrogens is 415 g/mol. The molecular formula is C20H18F3N5O3. The minimum Gasteiger partial charge on any atom is -0.462 e. The zero-order chi connectivity index (χ0) is 22.4. The Labute approximate surface area is 175 Å². The first kappa shape index (κ1) is 21.7. The molecule has 3 aromatic rings. The number of esters is 1. The lowest BCUT2D eigenvalue weighted by Gasteiger charge is -2.13. The number of anilines is 5. The van der Waals surface area contributed by atoms with Crippen molar-refractivity contribution in [3.63, 3.8) is 0 Å². The molecule has 162 valence electrons. The van der Waals surface area contributed by atoms with E-state index in [9.17, 15) is 18.0 Å². The highest BCUT2D eigenvalue weighted by molar-refractivity contribution is 5.90. The van der Waals surface area contributed by atoms with Crippen molar-refractivity contribution in [2.45, 2.75) is 13.3 Å². The fourth-order valence-electron chi connectivity index (χ4n) is 2.51. The molecule has 0 saturated heterocycles. The van der Waals surface area contributed by atoms with Crippen molar-refractivity contribution in [2.75, 3.05) is 23.0 Å². The molecule has 0 aliphatic heterocycles. The number of nitrogen functional groups attached to an aromatic ring is 1. The molecule has 0 amide bonds. The maximum absolute atomic E-state index is 12.3. The molecule has 11 heteroatoms. The molecule has 0 unspecified atom stereocenters. The van der Waals surface area contributed by atoms with Crippen molar-refractivity contribution < 1.29 is 27.4 Å². The maximum atomic E-state index is 12.3. The van der Waals surface area contributed by atoms with Crippen LogP contribution < -0.4 is 21.1 Å². The number of benzene rings is 2. The quantitative estimate of drug-likeness (QED) is 0.463. The summed E-state index contributed by atoms with van der Waals surface area (Å²) in [6, 6.07) is 11.6. The number of aromatic nitrogens is 2. The highest BCUT2D eigenvalue weighted by atomic mass is 19.4. The maximum Gasteiger partial charge on any atom is 0.573 e. The van der Waals surface area contributed by atoms with Crippen molar-refractivity contribution in [3.8, 4) is 5.75 Å². The van der Waals surface area contributed by atoms with E-state index in [0.717, 1.165) is 12.1 Å². The highest BCUT2D eigenvalue weighted by Gasteiger charge is 2.30. The Morgan fingerprint density at radius 1 is 0.968 bits per heavy atom. The normalized spacial score (nSPS) is 11.0. The topological polar surface area (TPSA) is 111 Å². The molecule has 0 bridgehead atoms. The van der Waals surface area contributed by atoms with Gasteiger partial charge in [0.15, 0.2) is 11.6 Å². The lowest BCUT2D eigenvalue weighted by Crippen LogP contribution is -2.17. The fourth-order valence-corrected chi connectivity index (χ4v) is 2.51. The average molecular weight is 433 g/mol. The number of nitrogens with one attached hydrogen (secondary N) is 2. The number of carbonyl (C=O) groups excluding carboxylic acids is 1. The lowest BCUT2D eigenvalue weighted by molar-refractivity contribution is -0.274. The molecule has 0 spiro atoms. The third-order valence-corrected chi connectivity index (χ3v) is 3.89. The predicted molar refractivity (Wildman–Crippen MR) is 109 cm³/mol. The van der Waals surface area contributed by atoms with Crippen LogP contribution >= 0.6 is 0 Å². The van der Waals surface area contributed by atoms with Gasteiger partial charge in [0, 0.05) is 11.4 Å². The Morgan fingerprint density at radius 2 is 1.48 bits per heavy atom. The van der Waals surface area contributed by atoms with Gasteiger partial charge in [-0.1, -0.05) is 0 Å². The minimum atomic E-state index is -4.76. The van der Waals surface area contributed by atoms with E-state index in [2.05, 4.69) is 25.3 Å². The molecule has 3 rings (SSSR count). The summed E-state index contributed by atoms with van der Waals surface area (Å²) in [7, 11) is 0. The van der Waals surface area contributed by atoms with Crippen LogP contribution in [-0.4, -0.2) is 28.9 Å². The summed E-state index contributed by atoms with van der Waals surface area (Å²) >= 11 is 0. The second kappa shape index (κ2) is 9.20. The van der Waals surface area contributed by atoms with E-state index in [1.54, 1.807) is 31.2 Å². The van der Waals surface area contributed by atoms with Crippen LogP contribution in [0.5, 0.6) is 5.75 Å². The number of nitrogens with two attached hydrogens (primary N) is 1. The van der Waals surface area contributed by atoms with Crippen molar-refractivity contribution >= 4 is 34.7 Å². The summed E-state index contributed by atoms with van der Waals surface area (Å²) in [6.07, 6.45) is -3.49. The lowest BCUT2D eigenvalue weighted by atomic mass is 10.2. The largest absolute Gasteiger partial charge is 0.573 e. The number of hydrogen-bond acceptors (Lipinski definition) is 8. The van der Waals surface area contributed by atoms with Crippen LogP contribution in [0.25, 0.3) is 0 Å². The zero-order valence-electron chi connectivity index (χ0n) is 16.2. The van der Waals surface area contributed by atoms with E-state index >= 15 is 0 Å². The third-order valence-electron chi connectivity index (χ3n) is 3.89. The number of alkyl halides is 3. The van der Waals surface area contributed by atoms with Crippen molar-refractivity contribution in [1.82, 2.24) is 9.97 Å². The van der Waals surface area contributed by atoms with E-state index in [1.807, 2.05) is 0 Å². The summed E-state index contributed by atoms with van der Waals surface area (Å²) in [5, 5.41) is 5.93. The minimum absolute atomic E-state index is 0.188. The molecule has 0 saturated carbocycles. The molecule has 31 heavy (non-hydrogen) atoms. The second-order valence-corrected chi connectivity index (χ2v) is 6.10. The number of halogens is 3. The fraction of sp³-hybridized carbons (Fsp3) is 0.150. The number of hydrogen-bond donors (Lipinski definition) is 3. The van der Waals surface area contributed by atoms with Gasteiger partial charge in [0.25, 0.3) is 0 Å². The standard InChI is InChI=1S/C20H18F3N5O3/c1-2-30-19(29)12-3-5-13(6-4-12)27-17-16(24)18(26-11-25-17)28-14-7-9-15(10-8-14)31-20(21,22)23/h3-11H,2,24H2,1H3,(H2,25,26,27,28). The number of nitrogens with zero attached hydrogens (tertiary/aromatic N) is 2. The molecule has 4 N–H and O–H groups in total. The van der Waals surface area contributed by atoms with Crippen molar-refractivity contribution in [3.05, 3.63) is 60.4 Å². The van der Waals surface area contributed by atoms with E-state index < -0.39 is 12.3 Å². The molecule has 8 nitrogen and oxygen atoms in total. The summed E-state index contributed by atoms with van der Waals surface area (Å²) in [4.78, 5) is 19.9.